The summed E-state index contributed by atoms with van der Waals surface area (Å²) >= 11 is 1.46. The summed E-state index contributed by atoms with van der Waals surface area (Å²) in [6.45, 7) is 4.33. The van der Waals surface area contributed by atoms with E-state index in [1.807, 2.05) is 10.3 Å². The summed E-state index contributed by atoms with van der Waals surface area (Å²) in [7, 11) is 0. The molecule has 1 aliphatic rings. The van der Waals surface area contributed by atoms with Gasteiger partial charge in [-0.2, -0.15) is 4.52 Å². The number of hydrogen-bond acceptors (Lipinski definition) is 6. The normalized spacial score (nSPS) is 14.8. The van der Waals surface area contributed by atoms with E-state index >= 15 is 0 Å². The molecule has 2 N–H and O–H groups in total. The Bertz CT molecular complexity index is 942. The van der Waals surface area contributed by atoms with Crippen molar-refractivity contribution >= 4 is 28.7 Å². The quantitative estimate of drug-likeness (QED) is 0.699. The topological polar surface area (TPSA) is 89.4 Å². The highest BCUT2D eigenvalue weighted by Crippen LogP contribution is 2.26. The number of fused-ring (bicyclic) bond motifs is 1. The number of carbonyl (C=O) groups excluding carboxylic acids is 1. The zero-order chi connectivity index (χ0) is 18.1. The molecule has 0 bridgehead atoms. The van der Waals surface area contributed by atoms with Crippen LogP contribution in [0.2, 0.25) is 0 Å². The van der Waals surface area contributed by atoms with E-state index in [0.717, 1.165) is 30.7 Å². The summed E-state index contributed by atoms with van der Waals surface area (Å²) < 4.78 is 1.54. The van der Waals surface area contributed by atoms with Gasteiger partial charge in [0.25, 0.3) is 5.91 Å². The molecule has 0 saturated heterocycles. The van der Waals surface area contributed by atoms with E-state index in [4.69, 9.17) is 5.73 Å². The largest absolute Gasteiger partial charge is 0.384 e. The van der Waals surface area contributed by atoms with Crippen molar-refractivity contribution in [1.82, 2.24) is 24.5 Å². The number of hydrogen-bond donors (Lipinski definition) is 1. The first-order chi connectivity index (χ1) is 12.7. The lowest BCUT2D eigenvalue weighted by molar-refractivity contribution is 0.0706. The Balaban J connectivity index is 1.71. The minimum atomic E-state index is -0.0372. The van der Waals surface area contributed by atoms with Gasteiger partial charge in [0.05, 0.1) is 0 Å². The third kappa shape index (κ3) is 2.96. The second-order valence-electron chi connectivity index (χ2n) is 6.40. The molecule has 8 heteroatoms. The fourth-order valence-corrected chi connectivity index (χ4v) is 4.04. The number of amides is 1. The molecule has 0 unspecified atom stereocenters. The Morgan fingerprint density at radius 2 is 2.23 bits per heavy atom. The molecule has 3 aromatic heterocycles. The van der Waals surface area contributed by atoms with Gasteiger partial charge in [-0.05, 0) is 25.0 Å². The van der Waals surface area contributed by atoms with Crippen LogP contribution in [-0.2, 0) is 0 Å². The number of thiazole rings is 1. The number of nitrogens with zero attached hydrogens (tertiary/aromatic N) is 5. The number of carbonyl (C=O) groups is 1. The average molecular weight is 368 g/mol. The van der Waals surface area contributed by atoms with Crippen LogP contribution in [0.25, 0.3) is 16.5 Å². The van der Waals surface area contributed by atoms with Crippen molar-refractivity contribution in [3.8, 4) is 10.8 Å². The van der Waals surface area contributed by atoms with E-state index in [0.29, 0.717) is 29.4 Å². The van der Waals surface area contributed by atoms with Crippen LogP contribution >= 0.6 is 11.3 Å². The van der Waals surface area contributed by atoms with E-state index in [-0.39, 0.29) is 11.9 Å². The van der Waals surface area contributed by atoms with Gasteiger partial charge in [-0.15, -0.1) is 23.0 Å². The molecule has 1 amide bonds. The Kier molecular flexibility index (Phi) is 4.42. The summed E-state index contributed by atoms with van der Waals surface area (Å²) in [5.41, 5.74) is 7.22. The highest BCUT2D eigenvalue weighted by molar-refractivity contribution is 7.13. The van der Waals surface area contributed by atoms with Crippen LogP contribution in [0.3, 0.4) is 0 Å². The predicted octanol–water partition coefficient (Wildman–Crippen LogP) is 3.01. The van der Waals surface area contributed by atoms with Gasteiger partial charge in [-0.1, -0.05) is 18.9 Å². The highest BCUT2D eigenvalue weighted by atomic mass is 32.1. The number of pyridine rings is 1. The van der Waals surface area contributed by atoms with Crippen LogP contribution in [0.5, 0.6) is 0 Å². The monoisotopic (exact) mass is 368 g/mol. The Labute approximate surface area is 155 Å². The van der Waals surface area contributed by atoms with Crippen molar-refractivity contribution in [2.24, 2.45) is 0 Å². The van der Waals surface area contributed by atoms with Gasteiger partial charge in [0.15, 0.2) is 10.7 Å². The molecular formula is C18H20N6OS. The van der Waals surface area contributed by atoms with Crippen LogP contribution < -0.4 is 5.73 Å². The number of anilines is 1. The van der Waals surface area contributed by atoms with Gasteiger partial charge >= 0.3 is 0 Å². The summed E-state index contributed by atoms with van der Waals surface area (Å²) in [5, 5.41) is 6.99. The molecule has 0 aliphatic heterocycles. The fraction of sp³-hybridized carbons (Fsp3) is 0.333. The third-order valence-corrected chi connectivity index (χ3v) is 5.46. The van der Waals surface area contributed by atoms with E-state index in [1.165, 1.54) is 11.3 Å². The van der Waals surface area contributed by atoms with Gasteiger partial charge in [0.1, 0.15) is 5.82 Å². The lowest BCUT2D eigenvalue weighted by Gasteiger charge is -2.28. The van der Waals surface area contributed by atoms with E-state index in [2.05, 4.69) is 21.6 Å². The van der Waals surface area contributed by atoms with Crippen molar-refractivity contribution in [1.29, 1.82) is 0 Å². The molecule has 0 radical (unpaired) electrons. The maximum atomic E-state index is 13.1. The third-order valence-electron chi connectivity index (χ3n) is 4.69. The van der Waals surface area contributed by atoms with Crippen LogP contribution in [0.1, 0.15) is 36.0 Å². The molecule has 3 aromatic rings. The molecular weight excluding hydrogens is 348 g/mol. The fourth-order valence-electron chi connectivity index (χ4n) is 3.48. The Hall–Kier alpha value is -2.74. The highest BCUT2D eigenvalue weighted by Gasteiger charge is 2.27. The van der Waals surface area contributed by atoms with Crippen molar-refractivity contribution in [3.63, 3.8) is 0 Å². The summed E-state index contributed by atoms with van der Waals surface area (Å²) in [6, 6.07) is 3.68. The van der Waals surface area contributed by atoms with Crippen LogP contribution in [0, 0.1) is 0 Å². The van der Waals surface area contributed by atoms with Gasteiger partial charge in [0.2, 0.25) is 5.82 Å². The molecule has 3 heterocycles. The van der Waals surface area contributed by atoms with Gasteiger partial charge < -0.3 is 10.6 Å². The molecule has 1 aliphatic carbocycles. The van der Waals surface area contributed by atoms with Crippen LogP contribution in [-0.4, -0.2) is 43.0 Å². The van der Waals surface area contributed by atoms with Crippen LogP contribution in [0.4, 0.5) is 5.82 Å². The summed E-state index contributed by atoms with van der Waals surface area (Å²) in [5.74, 6) is 0.853. The first-order valence-electron chi connectivity index (χ1n) is 8.65. The lowest BCUT2D eigenvalue weighted by Crippen LogP contribution is -2.39. The maximum absolute atomic E-state index is 13.1. The lowest BCUT2D eigenvalue weighted by atomic mass is 10.1. The van der Waals surface area contributed by atoms with Gasteiger partial charge in [-0.25, -0.2) is 9.97 Å². The number of aromatic nitrogens is 4. The summed E-state index contributed by atoms with van der Waals surface area (Å²) in [6.07, 6.45) is 7.88. The first-order valence-corrected chi connectivity index (χ1v) is 9.53. The van der Waals surface area contributed by atoms with Gasteiger partial charge in [-0.3, -0.25) is 4.79 Å². The molecule has 134 valence electrons. The minimum Gasteiger partial charge on any atom is -0.384 e. The number of rotatable bonds is 5. The molecule has 0 atom stereocenters. The molecule has 26 heavy (non-hydrogen) atoms. The predicted molar refractivity (Wildman–Crippen MR) is 102 cm³/mol. The second kappa shape index (κ2) is 6.87. The average Bonchev–Trinajstić information content (AvgIpc) is 3.39. The van der Waals surface area contributed by atoms with Crippen molar-refractivity contribution in [3.05, 3.63) is 41.9 Å². The molecule has 1 fully saturated rings. The smallest absolute Gasteiger partial charge is 0.254 e. The van der Waals surface area contributed by atoms with Crippen molar-refractivity contribution < 1.29 is 4.79 Å². The SMILES string of the molecule is C=CCN(C(=O)c1cc(N)n2nc(-c3nccs3)nc2c1)C1CCCC1. The molecule has 7 nitrogen and oxygen atoms in total. The van der Waals surface area contributed by atoms with Gasteiger partial charge in [0, 0.05) is 29.7 Å². The first kappa shape index (κ1) is 16.7. The zero-order valence-corrected chi connectivity index (χ0v) is 15.2. The number of nitrogens with two attached hydrogens (primary N) is 1. The summed E-state index contributed by atoms with van der Waals surface area (Å²) in [4.78, 5) is 23.7. The Morgan fingerprint density at radius 1 is 1.42 bits per heavy atom. The van der Waals surface area contributed by atoms with E-state index in [1.54, 1.807) is 28.9 Å². The second-order valence-corrected chi connectivity index (χ2v) is 7.29. The number of nitrogen functional groups attached to an aromatic ring is 1. The van der Waals surface area contributed by atoms with Crippen LogP contribution in [0.15, 0.2) is 36.4 Å². The Morgan fingerprint density at radius 3 is 2.92 bits per heavy atom. The standard InChI is InChI=1S/C18H20N6OS/c1-2-8-23(13-5-3-4-6-13)18(25)12-10-14(19)24-15(11-12)21-16(22-24)17-20-7-9-26-17/h2,7,9-11,13H,1,3-6,8,19H2. The molecule has 1 saturated carbocycles. The van der Waals surface area contributed by atoms with Crippen molar-refractivity contribution in [2.75, 3.05) is 12.3 Å². The molecule has 0 spiro atoms. The van der Waals surface area contributed by atoms with E-state index in [9.17, 15) is 4.79 Å². The molecule has 4 rings (SSSR count). The van der Waals surface area contributed by atoms with E-state index < -0.39 is 0 Å². The molecule has 0 aromatic carbocycles. The zero-order valence-electron chi connectivity index (χ0n) is 14.3. The van der Waals surface area contributed by atoms with Crippen molar-refractivity contribution in [2.45, 2.75) is 31.7 Å². The maximum Gasteiger partial charge on any atom is 0.254 e. The minimum absolute atomic E-state index is 0.0372.